The van der Waals surface area contributed by atoms with Gasteiger partial charge < -0.3 is 15.3 Å². The van der Waals surface area contributed by atoms with Crippen LogP contribution in [0.25, 0.3) is 11.0 Å². The first-order valence-electron chi connectivity index (χ1n) is 7.07. The van der Waals surface area contributed by atoms with Gasteiger partial charge in [0.1, 0.15) is 11.9 Å². The number of nitrogens with one attached hydrogen (secondary N) is 3. The van der Waals surface area contributed by atoms with E-state index in [0.29, 0.717) is 11.0 Å². The molecule has 0 fully saturated rings. The molecule has 2 aromatic heterocycles. The summed E-state index contributed by atoms with van der Waals surface area (Å²) in [5, 5.41) is 12.2. The summed E-state index contributed by atoms with van der Waals surface area (Å²) in [6.45, 7) is 0.276. The first kappa shape index (κ1) is 15.4. The molecule has 0 aliphatic heterocycles. The van der Waals surface area contributed by atoms with Crippen molar-refractivity contribution >= 4 is 16.9 Å². The smallest absolute Gasteiger partial charge is 0.332 e. The zero-order chi connectivity index (χ0) is 17.4. The van der Waals surface area contributed by atoms with Gasteiger partial charge in [0.05, 0.1) is 11.0 Å². The van der Waals surface area contributed by atoms with Crippen LogP contribution in [0, 0.1) is 11.3 Å². The number of aromatic nitrogens is 4. The van der Waals surface area contributed by atoms with Crippen molar-refractivity contribution in [1.29, 1.82) is 5.26 Å². The monoisotopic (exact) mass is 326 g/mol. The van der Waals surface area contributed by atoms with E-state index in [1.165, 1.54) is 18.7 Å². The quantitative estimate of drug-likeness (QED) is 0.610. The highest BCUT2D eigenvalue weighted by Crippen LogP contribution is 2.13. The molecule has 2 heterocycles. The van der Waals surface area contributed by atoms with Gasteiger partial charge in [-0.2, -0.15) is 5.26 Å². The van der Waals surface area contributed by atoms with Gasteiger partial charge in [0.25, 0.3) is 5.56 Å². The lowest BCUT2D eigenvalue weighted by Gasteiger charge is -2.13. The van der Waals surface area contributed by atoms with E-state index in [9.17, 15) is 19.6 Å². The lowest BCUT2D eigenvalue weighted by molar-refractivity contribution is 0.685. The van der Waals surface area contributed by atoms with E-state index < -0.39 is 11.2 Å². The minimum Gasteiger partial charge on any atom is -0.366 e. The molecule has 0 bridgehead atoms. The van der Waals surface area contributed by atoms with Crippen molar-refractivity contribution in [3.05, 3.63) is 60.6 Å². The van der Waals surface area contributed by atoms with Crippen LogP contribution in [0.3, 0.4) is 0 Å². The van der Waals surface area contributed by atoms with E-state index in [2.05, 4.69) is 15.3 Å². The number of nitriles is 1. The van der Waals surface area contributed by atoms with Crippen molar-refractivity contribution in [1.82, 2.24) is 19.1 Å². The topological polar surface area (TPSA) is 128 Å². The second-order valence-electron chi connectivity index (χ2n) is 5.35. The van der Waals surface area contributed by atoms with Gasteiger partial charge in [0.15, 0.2) is 5.56 Å². The molecule has 0 aliphatic rings. The molecule has 3 rings (SSSR count). The van der Waals surface area contributed by atoms with Gasteiger partial charge in [0.2, 0.25) is 0 Å². The SMILES string of the molecule is Cn1c(NCc2ccc3[nH]c(=O)[nH]c3c2)c(C#N)c(=O)n(C)c1=O. The number of imidazole rings is 1. The van der Waals surface area contributed by atoms with Gasteiger partial charge in [-0.1, -0.05) is 6.07 Å². The lowest BCUT2D eigenvalue weighted by Crippen LogP contribution is -2.39. The van der Waals surface area contributed by atoms with Crippen LogP contribution in [-0.4, -0.2) is 19.1 Å². The molecule has 0 atom stereocenters. The Bertz CT molecular complexity index is 1160. The molecule has 0 amide bonds. The van der Waals surface area contributed by atoms with Crippen molar-refractivity contribution < 1.29 is 0 Å². The van der Waals surface area contributed by atoms with Gasteiger partial charge in [0, 0.05) is 20.6 Å². The zero-order valence-electron chi connectivity index (χ0n) is 13.0. The van der Waals surface area contributed by atoms with E-state index in [0.717, 1.165) is 10.1 Å². The first-order valence-corrected chi connectivity index (χ1v) is 7.07. The molecule has 0 saturated carbocycles. The molecule has 0 saturated heterocycles. The maximum atomic E-state index is 12.0. The average Bonchev–Trinajstić information content (AvgIpc) is 2.94. The second kappa shape index (κ2) is 5.58. The molecule has 122 valence electrons. The van der Waals surface area contributed by atoms with Crippen LogP contribution in [0.2, 0.25) is 0 Å². The second-order valence-corrected chi connectivity index (χ2v) is 5.35. The Morgan fingerprint density at radius 2 is 1.83 bits per heavy atom. The van der Waals surface area contributed by atoms with Crippen LogP contribution in [0.15, 0.2) is 32.6 Å². The van der Waals surface area contributed by atoms with E-state index >= 15 is 0 Å². The lowest BCUT2D eigenvalue weighted by atomic mass is 10.2. The summed E-state index contributed by atoms with van der Waals surface area (Å²) in [7, 11) is 2.81. The third kappa shape index (κ3) is 2.40. The van der Waals surface area contributed by atoms with Crippen LogP contribution in [-0.2, 0) is 20.6 Å². The Morgan fingerprint density at radius 3 is 2.54 bits per heavy atom. The number of hydrogen-bond acceptors (Lipinski definition) is 5. The number of fused-ring (bicyclic) bond motifs is 1. The molecular weight excluding hydrogens is 312 g/mol. The van der Waals surface area contributed by atoms with E-state index in [1.54, 1.807) is 18.2 Å². The first-order chi connectivity index (χ1) is 11.4. The van der Waals surface area contributed by atoms with Gasteiger partial charge in [-0.15, -0.1) is 0 Å². The molecule has 0 aliphatic carbocycles. The Labute approximate surface area is 134 Å². The summed E-state index contributed by atoms with van der Waals surface area (Å²) < 4.78 is 2.11. The Morgan fingerprint density at radius 1 is 1.12 bits per heavy atom. The number of nitrogens with zero attached hydrogens (tertiary/aromatic N) is 3. The van der Waals surface area contributed by atoms with Crippen molar-refractivity contribution in [2.75, 3.05) is 5.32 Å². The van der Waals surface area contributed by atoms with Crippen molar-refractivity contribution in [2.24, 2.45) is 14.1 Å². The number of anilines is 1. The van der Waals surface area contributed by atoms with Crippen LogP contribution < -0.4 is 22.3 Å². The Hall–Kier alpha value is -3.54. The molecule has 9 nitrogen and oxygen atoms in total. The summed E-state index contributed by atoms with van der Waals surface area (Å²) >= 11 is 0. The molecule has 0 unspecified atom stereocenters. The van der Waals surface area contributed by atoms with Gasteiger partial charge >= 0.3 is 11.4 Å². The summed E-state index contributed by atoms with van der Waals surface area (Å²) in [5.41, 5.74) is 0.557. The standard InChI is InChI=1S/C15H14N6O3/c1-20-12(9(6-16)13(22)21(2)15(20)24)17-7-8-3-4-10-11(5-8)19-14(23)18-10/h3-5,17H,7H2,1-2H3,(H2,18,19,23). The third-order valence-corrected chi connectivity index (χ3v) is 3.82. The predicted octanol–water partition coefficient (Wildman–Crippen LogP) is -0.263. The summed E-state index contributed by atoms with van der Waals surface area (Å²) in [4.78, 5) is 40.6. The number of hydrogen-bond donors (Lipinski definition) is 3. The van der Waals surface area contributed by atoms with Crippen molar-refractivity contribution in [2.45, 2.75) is 6.54 Å². The number of benzene rings is 1. The fourth-order valence-electron chi connectivity index (χ4n) is 2.53. The van der Waals surface area contributed by atoms with Crippen LogP contribution in [0.4, 0.5) is 5.82 Å². The van der Waals surface area contributed by atoms with Gasteiger partial charge in [-0.05, 0) is 17.7 Å². The van der Waals surface area contributed by atoms with Gasteiger partial charge in [-0.25, -0.2) is 9.59 Å². The minimum atomic E-state index is -0.645. The molecule has 1 aromatic carbocycles. The highest BCUT2D eigenvalue weighted by molar-refractivity contribution is 5.75. The summed E-state index contributed by atoms with van der Waals surface area (Å²) in [6, 6.07) is 7.15. The minimum absolute atomic E-state index is 0.129. The summed E-state index contributed by atoms with van der Waals surface area (Å²) in [6.07, 6.45) is 0. The fourth-order valence-corrected chi connectivity index (χ4v) is 2.53. The number of rotatable bonds is 3. The zero-order valence-corrected chi connectivity index (χ0v) is 13.0. The van der Waals surface area contributed by atoms with E-state index in [4.69, 9.17) is 0 Å². The normalized spacial score (nSPS) is 10.7. The maximum Gasteiger partial charge on any atom is 0.332 e. The Kier molecular flexibility index (Phi) is 3.57. The molecule has 0 radical (unpaired) electrons. The largest absolute Gasteiger partial charge is 0.366 e. The predicted molar refractivity (Wildman–Crippen MR) is 87.9 cm³/mol. The van der Waals surface area contributed by atoms with Crippen LogP contribution >= 0.6 is 0 Å². The highest BCUT2D eigenvalue weighted by atomic mass is 16.2. The average molecular weight is 326 g/mol. The Balaban J connectivity index is 1.99. The molecule has 3 N–H and O–H groups in total. The molecule has 0 spiro atoms. The van der Waals surface area contributed by atoms with E-state index in [1.807, 2.05) is 6.07 Å². The van der Waals surface area contributed by atoms with Gasteiger partial charge in [-0.3, -0.25) is 13.9 Å². The van der Waals surface area contributed by atoms with Crippen LogP contribution in [0.5, 0.6) is 0 Å². The molecular formula is C15H14N6O3. The molecule has 24 heavy (non-hydrogen) atoms. The van der Waals surface area contributed by atoms with Crippen LogP contribution in [0.1, 0.15) is 11.1 Å². The van der Waals surface area contributed by atoms with Crippen molar-refractivity contribution in [3.8, 4) is 6.07 Å². The molecule has 3 aromatic rings. The number of H-pyrrole nitrogens is 2. The summed E-state index contributed by atoms with van der Waals surface area (Å²) in [5.74, 6) is 0.160. The maximum absolute atomic E-state index is 12.0. The van der Waals surface area contributed by atoms with E-state index in [-0.39, 0.29) is 23.6 Å². The molecule has 9 heteroatoms. The van der Waals surface area contributed by atoms with Crippen molar-refractivity contribution in [3.63, 3.8) is 0 Å². The third-order valence-electron chi connectivity index (χ3n) is 3.82. The highest BCUT2D eigenvalue weighted by Gasteiger charge is 2.15. The number of aromatic amines is 2. The fraction of sp³-hybridized carbons (Fsp3) is 0.200.